The first-order valence-corrected chi connectivity index (χ1v) is 5.83. The molecule has 19 heavy (non-hydrogen) atoms. The van der Waals surface area contributed by atoms with Crippen LogP contribution in [0.2, 0.25) is 0 Å². The summed E-state index contributed by atoms with van der Waals surface area (Å²) in [4.78, 5) is 4.21. The third kappa shape index (κ3) is 3.13. The first-order chi connectivity index (χ1) is 9.10. The van der Waals surface area contributed by atoms with Crippen LogP contribution in [0.5, 0.6) is 11.5 Å². The van der Waals surface area contributed by atoms with Gasteiger partial charge in [0.2, 0.25) is 0 Å². The van der Waals surface area contributed by atoms with E-state index in [2.05, 4.69) is 10.3 Å². The van der Waals surface area contributed by atoms with Gasteiger partial charge in [-0.05, 0) is 31.2 Å². The van der Waals surface area contributed by atoms with E-state index in [1.165, 1.54) is 13.2 Å². The number of aryl methyl sites for hydroxylation is 1. The van der Waals surface area contributed by atoms with Crippen molar-refractivity contribution in [3.05, 3.63) is 47.5 Å². The quantitative estimate of drug-likeness (QED) is 0.889. The molecular formula is C14H15FN2O2. The van der Waals surface area contributed by atoms with E-state index in [0.717, 1.165) is 5.69 Å². The van der Waals surface area contributed by atoms with Crippen molar-refractivity contribution in [2.24, 2.45) is 0 Å². The standard InChI is InChI=1S/C14H15FN2O2/c1-9-3-5-13(18)12(17-9)8-16-10-4-6-14(19-2)11(15)7-10/h3-7,16,18H,8H2,1-2H3. The maximum absolute atomic E-state index is 13.5. The molecule has 100 valence electrons. The normalized spacial score (nSPS) is 10.3. The predicted octanol–water partition coefficient (Wildman–Crippen LogP) is 2.86. The summed E-state index contributed by atoms with van der Waals surface area (Å²) in [6.45, 7) is 2.16. The SMILES string of the molecule is COc1ccc(NCc2nc(C)ccc2O)cc1F. The largest absolute Gasteiger partial charge is 0.506 e. The molecule has 2 rings (SSSR count). The van der Waals surface area contributed by atoms with Gasteiger partial charge in [-0.25, -0.2) is 4.39 Å². The van der Waals surface area contributed by atoms with E-state index in [1.807, 2.05) is 6.92 Å². The van der Waals surface area contributed by atoms with Crippen LogP contribution in [0.25, 0.3) is 0 Å². The van der Waals surface area contributed by atoms with Gasteiger partial charge in [0.05, 0.1) is 13.7 Å². The van der Waals surface area contributed by atoms with Crippen molar-refractivity contribution in [2.45, 2.75) is 13.5 Å². The minimum atomic E-state index is -0.436. The molecule has 5 heteroatoms. The van der Waals surface area contributed by atoms with Gasteiger partial charge >= 0.3 is 0 Å². The molecule has 1 aromatic carbocycles. The molecule has 0 radical (unpaired) electrons. The number of nitrogens with one attached hydrogen (secondary N) is 1. The van der Waals surface area contributed by atoms with Gasteiger partial charge < -0.3 is 15.2 Å². The minimum absolute atomic E-state index is 0.118. The van der Waals surface area contributed by atoms with Crippen LogP contribution in [-0.2, 0) is 6.54 Å². The number of anilines is 1. The van der Waals surface area contributed by atoms with Gasteiger partial charge in [0.15, 0.2) is 11.6 Å². The zero-order valence-electron chi connectivity index (χ0n) is 10.8. The number of hydrogen-bond donors (Lipinski definition) is 2. The maximum Gasteiger partial charge on any atom is 0.167 e. The average Bonchev–Trinajstić information content (AvgIpc) is 2.40. The van der Waals surface area contributed by atoms with E-state index in [9.17, 15) is 9.50 Å². The van der Waals surface area contributed by atoms with Crippen LogP contribution >= 0.6 is 0 Å². The Balaban J connectivity index is 2.10. The summed E-state index contributed by atoms with van der Waals surface area (Å²) in [6, 6.07) is 7.90. The molecule has 0 spiro atoms. The Bertz CT molecular complexity index is 588. The Hall–Kier alpha value is -2.30. The van der Waals surface area contributed by atoms with Crippen molar-refractivity contribution in [1.29, 1.82) is 0 Å². The van der Waals surface area contributed by atoms with Gasteiger partial charge in [-0.2, -0.15) is 0 Å². The van der Waals surface area contributed by atoms with Gasteiger partial charge in [-0.15, -0.1) is 0 Å². The molecule has 1 heterocycles. The van der Waals surface area contributed by atoms with Crippen LogP contribution < -0.4 is 10.1 Å². The number of aromatic nitrogens is 1. The fourth-order valence-electron chi connectivity index (χ4n) is 1.70. The van der Waals surface area contributed by atoms with Gasteiger partial charge in [-0.3, -0.25) is 4.98 Å². The summed E-state index contributed by atoms with van der Waals surface area (Å²) in [5, 5.41) is 12.7. The van der Waals surface area contributed by atoms with Crippen LogP contribution in [0.15, 0.2) is 30.3 Å². The zero-order valence-corrected chi connectivity index (χ0v) is 10.8. The second kappa shape index (κ2) is 5.56. The topological polar surface area (TPSA) is 54.4 Å². The molecule has 2 aromatic rings. The van der Waals surface area contributed by atoms with Crippen LogP contribution in [0.3, 0.4) is 0 Å². The first-order valence-electron chi connectivity index (χ1n) is 5.83. The molecule has 2 N–H and O–H groups in total. The van der Waals surface area contributed by atoms with Crippen molar-refractivity contribution in [3.8, 4) is 11.5 Å². The van der Waals surface area contributed by atoms with Crippen molar-refractivity contribution in [3.63, 3.8) is 0 Å². The van der Waals surface area contributed by atoms with Gasteiger partial charge in [0.25, 0.3) is 0 Å². The van der Waals surface area contributed by atoms with E-state index in [-0.39, 0.29) is 11.5 Å². The van der Waals surface area contributed by atoms with E-state index in [0.29, 0.717) is 17.9 Å². The molecule has 0 bridgehead atoms. The molecule has 0 fully saturated rings. The number of hydrogen-bond acceptors (Lipinski definition) is 4. The minimum Gasteiger partial charge on any atom is -0.506 e. The monoisotopic (exact) mass is 262 g/mol. The number of methoxy groups -OCH3 is 1. The first kappa shape index (κ1) is 13.1. The van der Waals surface area contributed by atoms with Crippen molar-refractivity contribution >= 4 is 5.69 Å². The van der Waals surface area contributed by atoms with Gasteiger partial charge in [-0.1, -0.05) is 0 Å². The van der Waals surface area contributed by atoms with Crippen LogP contribution in [0.4, 0.5) is 10.1 Å². The Morgan fingerprint density at radius 2 is 2.11 bits per heavy atom. The summed E-state index contributed by atoms with van der Waals surface area (Å²) in [7, 11) is 1.42. The molecule has 0 aliphatic carbocycles. The molecule has 4 nitrogen and oxygen atoms in total. The van der Waals surface area contributed by atoms with Crippen LogP contribution in [0, 0.1) is 12.7 Å². The highest BCUT2D eigenvalue weighted by atomic mass is 19.1. The molecule has 0 atom stereocenters. The molecule has 0 saturated carbocycles. The number of aromatic hydroxyl groups is 1. The smallest absolute Gasteiger partial charge is 0.167 e. The Kier molecular flexibility index (Phi) is 3.85. The highest BCUT2D eigenvalue weighted by molar-refractivity contribution is 5.48. The lowest BCUT2D eigenvalue weighted by Gasteiger charge is -2.09. The van der Waals surface area contributed by atoms with E-state index >= 15 is 0 Å². The van der Waals surface area contributed by atoms with Crippen molar-refractivity contribution in [2.75, 3.05) is 12.4 Å². The molecule has 0 amide bonds. The van der Waals surface area contributed by atoms with E-state index < -0.39 is 5.82 Å². The number of ether oxygens (including phenoxy) is 1. The number of rotatable bonds is 4. The second-order valence-electron chi connectivity index (χ2n) is 4.12. The lowest BCUT2D eigenvalue weighted by molar-refractivity contribution is 0.386. The van der Waals surface area contributed by atoms with Crippen molar-refractivity contribution < 1.29 is 14.2 Å². The van der Waals surface area contributed by atoms with E-state index in [1.54, 1.807) is 24.3 Å². The lowest BCUT2D eigenvalue weighted by Crippen LogP contribution is -2.03. The Morgan fingerprint density at radius 1 is 1.32 bits per heavy atom. The maximum atomic E-state index is 13.5. The third-order valence-electron chi connectivity index (χ3n) is 2.70. The molecule has 0 aliphatic heterocycles. The fraction of sp³-hybridized carbons (Fsp3) is 0.214. The summed E-state index contributed by atoms with van der Waals surface area (Å²) < 4.78 is 18.3. The molecular weight excluding hydrogens is 247 g/mol. The number of nitrogens with zero attached hydrogens (tertiary/aromatic N) is 1. The summed E-state index contributed by atoms with van der Waals surface area (Å²) in [6.07, 6.45) is 0. The summed E-state index contributed by atoms with van der Waals surface area (Å²) in [5.74, 6) is -0.122. The predicted molar refractivity (Wildman–Crippen MR) is 70.9 cm³/mol. The second-order valence-corrected chi connectivity index (χ2v) is 4.12. The zero-order chi connectivity index (χ0) is 13.8. The highest BCUT2D eigenvalue weighted by Crippen LogP contribution is 2.22. The lowest BCUT2D eigenvalue weighted by atomic mass is 10.2. The third-order valence-corrected chi connectivity index (χ3v) is 2.70. The molecule has 1 aromatic heterocycles. The number of pyridine rings is 1. The summed E-state index contributed by atoms with van der Waals surface area (Å²) >= 11 is 0. The molecule has 0 aliphatic rings. The fourth-order valence-corrected chi connectivity index (χ4v) is 1.70. The Morgan fingerprint density at radius 3 is 2.79 bits per heavy atom. The van der Waals surface area contributed by atoms with Gasteiger partial charge in [0.1, 0.15) is 11.4 Å². The van der Waals surface area contributed by atoms with Crippen molar-refractivity contribution in [1.82, 2.24) is 4.98 Å². The van der Waals surface area contributed by atoms with E-state index in [4.69, 9.17) is 4.74 Å². The highest BCUT2D eigenvalue weighted by Gasteiger charge is 2.06. The molecule has 0 saturated heterocycles. The number of halogens is 1. The molecule has 0 unspecified atom stereocenters. The van der Waals surface area contributed by atoms with Crippen LogP contribution in [-0.4, -0.2) is 17.2 Å². The summed E-state index contributed by atoms with van der Waals surface area (Å²) in [5.41, 5.74) is 1.94. The number of benzene rings is 1. The Labute approximate surface area is 110 Å². The average molecular weight is 262 g/mol. The van der Waals surface area contributed by atoms with Gasteiger partial charge in [0, 0.05) is 17.4 Å². The van der Waals surface area contributed by atoms with Crippen LogP contribution in [0.1, 0.15) is 11.4 Å².